The van der Waals surface area contributed by atoms with Crippen LogP contribution in [0, 0.1) is 5.92 Å². The van der Waals surface area contributed by atoms with E-state index >= 15 is 0 Å². The Labute approximate surface area is 118 Å². The molecule has 0 radical (unpaired) electrons. The van der Waals surface area contributed by atoms with E-state index in [9.17, 15) is 5.11 Å². The van der Waals surface area contributed by atoms with Gasteiger partial charge in [0.2, 0.25) is 0 Å². The molecule has 0 aromatic carbocycles. The Bertz CT molecular complexity index is 522. The predicted octanol–water partition coefficient (Wildman–Crippen LogP) is 2.14. The Hall–Kier alpha value is -1.75. The molecule has 2 heterocycles. The second kappa shape index (κ2) is 5.71. The Kier molecular flexibility index (Phi) is 3.78. The van der Waals surface area contributed by atoms with Crippen LogP contribution in [0.5, 0.6) is 0 Å². The van der Waals surface area contributed by atoms with Gasteiger partial charge in [-0.05, 0) is 30.9 Å². The topological polar surface area (TPSA) is 63.8 Å². The quantitative estimate of drug-likeness (QED) is 0.926. The number of nitrogens with zero attached hydrogens (tertiary/aromatic N) is 4. The molecule has 1 aliphatic rings. The molecule has 20 heavy (non-hydrogen) atoms. The fourth-order valence-corrected chi connectivity index (χ4v) is 3.18. The molecule has 2 aromatic heterocycles. The molecule has 0 aliphatic heterocycles. The minimum Gasteiger partial charge on any atom is -0.381 e. The lowest BCUT2D eigenvalue weighted by molar-refractivity contribution is -0.0592. The zero-order chi connectivity index (χ0) is 13.8. The van der Waals surface area contributed by atoms with Crippen LogP contribution in [0.4, 0.5) is 0 Å². The Morgan fingerprint density at radius 1 is 1.25 bits per heavy atom. The molecule has 5 heteroatoms. The molecule has 0 bridgehead atoms. The van der Waals surface area contributed by atoms with Crippen LogP contribution < -0.4 is 0 Å². The van der Waals surface area contributed by atoms with E-state index < -0.39 is 5.60 Å². The van der Waals surface area contributed by atoms with E-state index in [1.807, 2.05) is 18.2 Å². The molecule has 0 saturated heterocycles. The van der Waals surface area contributed by atoms with E-state index in [-0.39, 0.29) is 5.92 Å². The van der Waals surface area contributed by atoms with Crippen molar-refractivity contribution in [2.75, 3.05) is 0 Å². The van der Waals surface area contributed by atoms with Crippen molar-refractivity contribution in [1.82, 2.24) is 19.7 Å². The Balaban J connectivity index is 1.93. The van der Waals surface area contributed by atoms with Crippen LogP contribution >= 0.6 is 0 Å². The van der Waals surface area contributed by atoms with Crippen molar-refractivity contribution in [3.8, 4) is 0 Å². The van der Waals surface area contributed by atoms with E-state index in [1.165, 1.54) is 25.6 Å². The van der Waals surface area contributed by atoms with Crippen molar-refractivity contribution >= 4 is 0 Å². The molecule has 0 unspecified atom stereocenters. The molecule has 1 aliphatic carbocycles. The van der Waals surface area contributed by atoms with Gasteiger partial charge in [0.05, 0.1) is 12.2 Å². The summed E-state index contributed by atoms with van der Waals surface area (Å²) in [6.07, 6.45) is 10.6. The zero-order valence-corrected chi connectivity index (χ0v) is 11.5. The maximum atomic E-state index is 11.3. The lowest BCUT2D eigenvalue weighted by Gasteiger charge is -2.37. The average molecular weight is 272 g/mol. The number of aliphatic hydroxyl groups is 1. The second-order valence-corrected chi connectivity index (χ2v) is 5.57. The van der Waals surface area contributed by atoms with Gasteiger partial charge < -0.3 is 5.11 Å². The van der Waals surface area contributed by atoms with Crippen LogP contribution in [0.3, 0.4) is 0 Å². The first-order valence-electron chi connectivity index (χ1n) is 7.25. The Morgan fingerprint density at radius 2 is 2.10 bits per heavy atom. The van der Waals surface area contributed by atoms with Gasteiger partial charge in [-0.3, -0.25) is 4.98 Å². The second-order valence-electron chi connectivity index (χ2n) is 5.57. The first-order valence-corrected chi connectivity index (χ1v) is 7.25. The van der Waals surface area contributed by atoms with Crippen molar-refractivity contribution in [2.24, 2.45) is 5.92 Å². The summed E-state index contributed by atoms with van der Waals surface area (Å²) in [5.74, 6) is 0.232. The van der Waals surface area contributed by atoms with Crippen molar-refractivity contribution in [3.05, 3.63) is 42.7 Å². The third-order valence-corrected chi connectivity index (χ3v) is 4.26. The molecule has 1 atom stereocenters. The van der Waals surface area contributed by atoms with Gasteiger partial charge in [0.1, 0.15) is 18.3 Å². The molecule has 1 saturated carbocycles. The van der Waals surface area contributed by atoms with Gasteiger partial charge in [0, 0.05) is 6.20 Å². The lowest BCUT2D eigenvalue weighted by Crippen LogP contribution is -2.41. The molecular formula is C15H20N4O. The number of hydrogen-bond acceptors (Lipinski definition) is 4. The molecule has 5 nitrogen and oxygen atoms in total. The average Bonchev–Trinajstić information content (AvgIpc) is 3.02. The third kappa shape index (κ3) is 2.58. The summed E-state index contributed by atoms with van der Waals surface area (Å²) in [6, 6.07) is 5.71. The highest BCUT2D eigenvalue weighted by molar-refractivity contribution is 5.14. The van der Waals surface area contributed by atoms with Gasteiger partial charge in [-0.2, -0.15) is 5.10 Å². The first-order chi connectivity index (χ1) is 9.79. The SMILES string of the molecule is O[C@@](Cn1cncn1)(c1ccccn1)C1CCCCC1. The summed E-state index contributed by atoms with van der Waals surface area (Å²) < 4.78 is 1.70. The first kappa shape index (κ1) is 13.2. The van der Waals surface area contributed by atoms with Crippen LogP contribution in [0.25, 0.3) is 0 Å². The molecule has 2 aromatic rings. The van der Waals surface area contributed by atoms with E-state index in [2.05, 4.69) is 15.1 Å². The standard InChI is InChI=1S/C15H20N4O/c20-15(10-19-12-16-11-18-19,13-6-2-1-3-7-13)14-8-4-5-9-17-14/h4-5,8-9,11-13,20H,1-3,6-7,10H2/t15-/m1/s1. The third-order valence-electron chi connectivity index (χ3n) is 4.26. The van der Waals surface area contributed by atoms with Gasteiger partial charge in [-0.1, -0.05) is 25.3 Å². The summed E-state index contributed by atoms with van der Waals surface area (Å²) in [5.41, 5.74) is -0.225. The molecule has 3 rings (SSSR count). The molecule has 0 amide bonds. The minimum absolute atomic E-state index is 0.232. The van der Waals surface area contributed by atoms with Gasteiger partial charge in [0.15, 0.2) is 0 Å². The van der Waals surface area contributed by atoms with Crippen LogP contribution in [0.15, 0.2) is 37.1 Å². The summed E-state index contributed by atoms with van der Waals surface area (Å²) in [7, 11) is 0. The number of hydrogen-bond donors (Lipinski definition) is 1. The maximum absolute atomic E-state index is 11.3. The molecule has 0 spiro atoms. The summed E-state index contributed by atoms with van der Waals surface area (Å²) >= 11 is 0. The number of pyridine rings is 1. The molecule has 1 N–H and O–H groups in total. The van der Waals surface area contributed by atoms with Crippen LogP contribution in [0.2, 0.25) is 0 Å². The zero-order valence-electron chi connectivity index (χ0n) is 11.5. The molecule has 1 fully saturated rings. The van der Waals surface area contributed by atoms with Gasteiger partial charge in [-0.15, -0.1) is 0 Å². The van der Waals surface area contributed by atoms with E-state index in [0.29, 0.717) is 6.54 Å². The monoisotopic (exact) mass is 272 g/mol. The smallest absolute Gasteiger partial charge is 0.137 e. The highest BCUT2D eigenvalue weighted by Gasteiger charge is 2.40. The number of rotatable bonds is 4. The predicted molar refractivity (Wildman–Crippen MR) is 74.7 cm³/mol. The van der Waals surface area contributed by atoms with Gasteiger partial charge in [-0.25, -0.2) is 9.67 Å². The Morgan fingerprint density at radius 3 is 2.75 bits per heavy atom. The fraction of sp³-hybridized carbons (Fsp3) is 0.533. The van der Waals surface area contributed by atoms with Gasteiger partial charge >= 0.3 is 0 Å². The van der Waals surface area contributed by atoms with Crippen molar-refractivity contribution in [3.63, 3.8) is 0 Å². The van der Waals surface area contributed by atoms with E-state index in [0.717, 1.165) is 18.5 Å². The lowest BCUT2D eigenvalue weighted by atomic mass is 9.75. The molecule has 106 valence electrons. The van der Waals surface area contributed by atoms with Crippen LogP contribution in [0.1, 0.15) is 37.8 Å². The highest BCUT2D eigenvalue weighted by atomic mass is 16.3. The summed E-state index contributed by atoms with van der Waals surface area (Å²) in [5, 5.41) is 15.5. The van der Waals surface area contributed by atoms with Crippen molar-refractivity contribution in [1.29, 1.82) is 0 Å². The van der Waals surface area contributed by atoms with E-state index in [4.69, 9.17) is 0 Å². The highest BCUT2D eigenvalue weighted by Crippen LogP contribution is 2.39. The fourth-order valence-electron chi connectivity index (χ4n) is 3.18. The summed E-state index contributed by atoms with van der Waals surface area (Å²) in [6.45, 7) is 0.411. The summed E-state index contributed by atoms with van der Waals surface area (Å²) in [4.78, 5) is 8.36. The van der Waals surface area contributed by atoms with Crippen molar-refractivity contribution < 1.29 is 5.11 Å². The van der Waals surface area contributed by atoms with Crippen molar-refractivity contribution in [2.45, 2.75) is 44.2 Å². The normalized spacial score (nSPS) is 19.6. The maximum Gasteiger partial charge on any atom is 0.137 e. The van der Waals surface area contributed by atoms with E-state index in [1.54, 1.807) is 17.2 Å². The number of aromatic nitrogens is 4. The van der Waals surface area contributed by atoms with Crippen LogP contribution in [-0.4, -0.2) is 24.9 Å². The largest absolute Gasteiger partial charge is 0.381 e. The minimum atomic E-state index is -0.963. The molecular weight excluding hydrogens is 252 g/mol. The van der Waals surface area contributed by atoms with Crippen LogP contribution in [-0.2, 0) is 12.1 Å². The van der Waals surface area contributed by atoms with Gasteiger partial charge in [0.25, 0.3) is 0 Å².